The van der Waals surface area contributed by atoms with Gasteiger partial charge in [0.15, 0.2) is 0 Å². The Hall–Kier alpha value is -1.32. The third-order valence-electron chi connectivity index (χ3n) is 3.68. The second kappa shape index (κ2) is 6.42. The second-order valence-electron chi connectivity index (χ2n) is 5.18. The van der Waals surface area contributed by atoms with E-state index in [1.165, 1.54) is 5.56 Å². The molecular formula is C16H21ClN2O. The first-order valence-electron chi connectivity index (χ1n) is 6.94. The molecule has 0 aliphatic carbocycles. The quantitative estimate of drug-likeness (QED) is 0.918. The van der Waals surface area contributed by atoms with Gasteiger partial charge in [0.25, 0.3) is 0 Å². The van der Waals surface area contributed by atoms with Gasteiger partial charge < -0.3 is 5.11 Å². The number of rotatable bonds is 5. The van der Waals surface area contributed by atoms with Gasteiger partial charge in [-0.15, -0.1) is 0 Å². The molecule has 2 aromatic rings. The first kappa shape index (κ1) is 15.1. The average molecular weight is 293 g/mol. The highest BCUT2D eigenvalue weighted by Crippen LogP contribution is 2.27. The Balaban J connectivity index is 2.29. The second-order valence-corrected chi connectivity index (χ2v) is 5.56. The summed E-state index contributed by atoms with van der Waals surface area (Å²) in [5.74, 6) is 0.0486. The van der Waals surface area contributed by atoms with Crippen LogP contribution in [-0.2, 0) is 19.9 Å². The van der Waals surface area contributed by atoms with Gasteiger partial charge in [0, 0.05) is 13.0 Å². The van der Waals surface area contributed by atoms with Gasteiger partial charge in [0.1, 0.15) is 0 Å². The van der Waals surface area contributed by atoms with E-state index in [9.17, 15) is 5.11 Å². The van der Waals surface area contributed by atoms with Crippen LogP contribution in [-0.4, -0.2) is 21.5 Å². The molecule has 3 nitrogen and oxygen atoms in total. The minimum atomic E-state index is 0.0486. The molecule has 1 atom stereocenters. The molecule has 0 fully saturated rings. The summed E-state index contributed by atoms with van der Waals surface area (Å²) in [5, 5.41) is 14.9. The van der Waals surface area contributed by atoms with Crippen LogP contribution in [0.1, 0.15) is 35.4 Å². The number of aliphatic hydroxyl groups is 1. The van der Waals surface area contributed by atoms with Crippen molar-refractivity contribution >= 4 is 11.6 Å². The van der Waals surface area contributed by atoms with Crippen molar-refractivity contribution < 1.29 is 5.11 Å². The maximum atomic E-state index is 9.70. The standard InChI is InChI=1S/C16H21ClN2O/c1-4-14-16(17)15(19(3)18-14)9-13(10-20)12-7-5-6-11(2)8-12/h5-8,13,20H,4,9-10H2,1-3H3. The van der Waals surface area contributed by atoms with E-state index in [4.69, 9.17) is 11.6 Å². The Bertz CT molecular complexity index is 592. The Kier molecular flexibility index (Phi) is 4.84. The molecule has 0 amide bonds. The summed E-state index contributed by atoms with van der Waals surface area (Å²) in [6.07, 6.45) is 1.52. The van der Waals surface area contributed by atoms with Crippen molar-refractivity contribution in [3.8, 4) is 0 Å². The van der Waals surface area contributed by atoms with Crippen LogP contribution in [0, 0.1) is 6.92 Å². The van der Waals surface area contributed by atoms with Gasteiger partial charge in [0.2, 0.25) is 0 Å². The van der Waals surface area contributed by atoms with Gasteiger partial charge in [-0.05, 0) is 25.3 Å². The molecule has 0 saturated heterocycles. The predicted octanol–water partition coefficient (Wildman–Crippen LogP) is 3.26. The zero-order valence-electron chi connectivity index (χ0n) is 12.2. The summed E-state index contributed by atoms with van der Waals surface area (Å²) in [6, 6.07) is 8.25. The molecule has 0 radical (unpaired) electrons. The summed E-state index contributed by atoms with van der Waals surface area (Å²) < 4.78 is 1.83. The number of nitrogens with zero attached hydrogens (tertiary/aromatic N) is 2. The molecule has 1 N–H and O–H groups in total. The van der Waals surface area contributed by atoms with E-state index in [2.05, 4.69) is 30.2 Å². The Morgan fingerprint density at radius 3 is 2.70 bits per heavy atom. The molecule has 0 aliphatic heterocycles. The lowest BCUT2D eigenvalue weighted by atomic mass is 9.93. The van der Waals surface area contributed by atoms with Crippen LogP contribution in [0.15, 0.2) is 24.3 Å². The average Bonchev–Trinajstić information content (AvgIpc) is 2.71. The van der Waals surface area contributed by atoms with E-state index < -0.39 is 0 Å². The van der Waals surface area contributed by atoms with Crippen LogP contribution in [0.3, 0.4) is 0 Å². The number of hydrogen-bond acceptors (Lipinski definition) is 2. The number of benzene rings is 1. The third-order valence-corrected chi connectivity index (χ3v) is 4.11. The van der Waals surface area contributed by atoms with Gasteiger partial charge in [-0.1, -0.05) is 48.4 Å². The molecular weight excluding hydrogens is 272 g/mol. The molecule has 108 valence electrons. The van der Waals surface area contributed by atoms with Gasteiger partial charge in [-0.2, -0.15) is 5.10 Å². The lowest BCUT2D eigenvalue weighted by molar-refractivity contribution is 0.263. The van der Waals surface area contributed by atoms with Crippen molar-refractivity contribution in [3.05, 3.63) is 51.8 Å². The zero-order valence-corrected chi connectivity index (χ0v) is 13.0. The fraction of sp³-hybridized carbons (Fsp3) is 0.438. The van der Waals surface area contributed by atoms with E-state index >= 15 is 0 Å². The molecule has 0 aliphatic rings. The largest absolute Gasteiger partial charge is 0.396 e. The summed E-state index contributed by atoms with van der Waals surface area (Å²) >= 11 is 6.38. The first-order valence-corrected chi connectivity index (χ1v) is 7.32. The molecule has 20 heavy (non-hydrogen) atoms. The van der Waals surface area contributed by atoms with Crippen molar-refractivity contribution in [1.29, 1.82) is 0 Å². The lowest BCUT2D eigenvalue weighted by Crippen LogP contribution is -2.11. The molecule has 2 rings (SSSR count). The molecule has 0 spiro atoms. The third kappa shape index (κ3) is 3.05. The summed E-state index contributed by atoms with van der Waals surface area (Å²) in [5.41, 5.74) is 4.25. The van der Waals surface area contributed by atoms with Crippen LogP contribution in [0.5, 0.6) is 0 Å². The van der Waals surface area contributed by atoms with Crippen LogP contribution in [0.25, 0.3) is 0 Å². The Morgan fingerprint density at radius 1 is 1.40 bits per heavy atom. The van der Waals surface area contributed by atoms with E-state index in [0.29, 0.717) is 6.42 Å². The molecule has 4 heteroatoms. The SMILES string of the molecule is CCc1nn(C)c(CC(CO)c2cccc(C)c2)c1Cl. The molecule has 1 aromatic carbocycles. The monoisotopic (exact) mass is 292 g/mol. The predicted molar refractivity (Wildman–Crippen MR) is 82.3 cm³/mol. The first-order chi connectivity index (χ1) is 9.56. The molecule has 1 unspecified atom stereocenters. The topological polar surface area (TPSA) is 38.0 Å². The Morgan fingerprint density at radius 2 is 2.15 bits per heavy atom. The maximum absolute atomic E-state index is 9.70. The van der Waals surface area contributed by atoms with E-state index in [1.807, 2.05) is 24.7 Å². The Labute approximate surface area is 125 Å². The van der Waals surface area contributed by atoms with Crippen LogP contribution < -0.4 is 0 Å². The van der Waals surface area contributed by atoms with E-state index in [1.54, 1.807) is 0 Å². The normalized spacial score (nSPS) is 12.7. The van der Waals surface area contributed by atoms with Crippen LogP contribution >= 0.6 is 11.6 Å². The molecule has 1 aromatic heterocycles. The van der Waals surface area contributed by atoms with Crippen LogP contribution in [0.2, 0.25) is 5.02 Å². The number of aliphatic hydroxyl groups excluding tert-OH is 1. The fourth-order valence-electron chi connectivity index (χ4n) is 2.49. The molecule has 0 saturated carbocycles. The highest BCUT2D eigenvalue weighted by atomic mass is 35.5. The fourth-order valence-corrected chi connectivity index (χ4v) is 2.86. The number of halogens is 1. The lowest BCUT2D eigenvalue weighted by Gasteiger charge is -2.15. The summed E-state index contributed by atoms with van der Waals surface area (Å²) in [7, 11) is 1.91. The van der Waals surface area contributed by atoms with Gasteiger partial charge >= 0.3 is 0 Å². The smallest absolute Gasteiger partial charge is 0.0849 e. The van der Waals surface area contributed by atoms with E-state index in [0.717, 1.165) is 28.4 Å². The van der Waals surface area contributed by atoms with Gasteiger partial charge in [-0.25, -0.2) is 0 Å². The maximum Gasteiger partial charge on any atom is 0.0849 e. The van der Waals surface area contributed by atoms with E-state index in [-0.39, 0.29) is 12.5 Å². The number of aromatic nitrogens is 2. The molecule has 0 bridgehead atoms. The number of hydrogen-bond donors (Lipinski definition) is 1. The molecule has 1 heterocycles. The van der Waals surface area contributed by atoms with Crippen molar-refractivity contribution in [2.45, 2.75) is 32.6 Å². The number of aryl methyl sites for hydroxylation is 3. The summed E-state index contributed by atoms with van der Waals surface area (Å²) in [6.45, 7) is 4.21. The van der Waals surface area contributed by atoms with Crippen LogP contribution in [0.4, 0.5) is 0 Å². The van der Waals surface area contributed by atoms with Crippen molar-refractivity contribution in [2.75, 3.05) is 6.61 Å². The summed E-state index contributed by atoms with van der Waals surface area (Å²) in [4.78, 5) is 0. The van der Waals surface area contributed by atoms with Crippen molar-refractivity contribution in [2.24, 2.45) is 7.05 Å². The van der Waals surface area contributed by atoms with Crippen molar-refractivity contribution in [3.63, 3.8) is 0 Å². The highest BCUT2D eigenvalue weighted by molar-refractivity contribution is 6.31. The van der Waals surface area contributed by atoms with Crippen molar-refractivity contribution in [1.82, 2.24) is 9.78 Å². The minimum absolute atomic E-state index is 0.0486. The van der Waals surface area contributed by atoms with Gasteiger partial charge in [-0.3, -0.25) is 4.68 Å². The van der Waals surface area contributed by atoms with Gasteiger partial charge in [0.05, 0.1) is 23.0 Å². The minimum Gasteiger partial charge on any atom is -0.396 e. The highest BCUT2D eigenvalue weighted by Gasteiger charge is 2.19. The zero-order chi connectivity index (χ0) is 14.7.